The molecule has 6 nitrogen and oxygen atoms in total. The van der Waals surface area contributed by atoms with Crippen LogP contribution in [0.4, 0.5) is 5.69 Å². The van der Waals surface area contributed by atoms with Crippen molar-refractivity contribution in [2.24, 2.45) is 4.99 Å². The van der Waals surface area contributed by atoms with Crippen LogP contribution in [0.3, 0.4) is 0 Å². The van der Waals surface area contributed by atoms with Crippen molar-refractivity contribution in [3.8, 4) is 0 Å². The van der Waals surface area contributed by atoms with Gasteiger partial charge in [-0.15, -0.1) is 24.0 Å². The summed E-state index contributed by atoms with van der Waals surface area (Å²) in [5.74, 6) is 0.752. The van der Waals surface area contributed by atoms with E-state index in [9.17, 15) is 4.79 Å². The van der Waals surface area contributed by atoms with Gasteiger partial charge in [0.15, 0.2) is 5.96 Å². The summed E-state index contributed by atoms with van der Waals surface area (Å²) in [7, 11) is 1.80. The van der Waals surface area contributed by atoms with Crippen LogP contribution in [0.5, 0.6) is 0 Å². The van der Waals surface area contributed by atoms with E-state index < -0.39 is 0 Å². The van der Waals surface area contributed by atoms with Gasteiger partial charge in [0.2, 0.25) is 5.91 Å². The standard InChI is InChI=1S/C23H31N5O.HI/c1-18(29)26-22-10-6-9-20(15-22)16-25-23(24-2)27-21-11-13-28(14-12-21)17-19-7-4-3-5-8-19;/h3-10,15,21H,11-14,16-17H2,1-2H3,(H,26,29)(H2,24,25,27);1H. The molecule has 1 aliphatic heterocycles. The summed E-state index contributed by atoms with van der Waals surface area (Å²) in [4.78, 5) is 18.1. The third-order valence-electron chi connectivity index (χ3n) is 5.11. The zero-order valence-electron chi connectivity index (χ0n) is 17.7. The third-order valence-corrected chi connectivity index (χ3v) is 5.11. The third kappa shape index (κ3) is 7.95. The first-order valence-corrected chi connectivity index (χ1v) is 10.2. The van der Waals surface area contributed by atoms with E-state index in [1.165, 1.54) is 12.5 Å². The van der Waals surface area contributed by atoms with Crippen LogP contribution in [-0.4, -0.2) is 42.9 Å². The molecule has 0 aliphatic carbocycles. The fraction of sp³-hybridized carbons (Fsp3) is 0.391. The summed E-state index contributed by atoms with van der Waals surface area (Å²) in [5.41, 5.74) is 3.28. The molecule has 0 aromatic heterocycles. The summed E-state index contributed by atoms with van der Waals surface area (Å²) < 4.78 is 0. The molecule has 2 aromatic carbocycles. The number of halogens is 1. The number of hydrogen-bond donors (Lipinski definition) is 3. The van der Waals surface area contributed by atoms with Crippen LogP contribution in [0.1, 0.15) is 30.9 Å². The maximum atomic E-state index is 11.2. The van der Waals surface area contributed by atoms with E-state index in [2.05, 4.69) is 56.2 Å². The molecule has 162 valence electrons. The first kappa shape index (κ1) is 24.1. The summed E-state index contributed by atoms with van der Waals surface area (Å²) >= 11 is 0. The molecule has 0 bridgehead atoms. The molecule has 1 amide bonds. The summed E-state index contributed by atoms with van der Waals surface area (Å²) in [6.45, 7) is 5.36. The Morgan fingerprint density at radius 1 is 1.07 bits per heavy atom. The molecule has 1 aliphatic rings. The van der Waals surface area contributed by atoms with E-state index in [1.807, 2.05) is 24.3 Å². The Hall–Kier alpha value is -2.13. The minimum atomic E-state index is -0.0637. The van der Waals surface area contributed by atoms with Crippen molar-refractivity contribution in [3.05, 3.63) is 65.7 Å². The number of hydrogen-bond acceptors (Lipinski definition) is 3. The van der Waals surface area contributed by atoms with Gasteiger partial charge >= 0.3 is 0 Å². The van der Waals surface area contributed by atoms with Gasteiger partial charge in [-0.1, -0.05) is 42.5 Å². The Morgan fingerprint density at radius 3 is 2.43 bits per heavy atom. The number of nitrogens with zero attached hydrogens (tertiary/aromatic N) is 2. The Labute approximate surface area is 196 Å². The van der Waals surface area contributed by atoms with Gasteiger partial charge in [-0.05, 0) is 36.1 Å². The number of carbonyl (C=O) groups is 1. The van der Waals surface area contributed by atoms with E-state index in [1.54, 1.807) is 7.05 Å². The highest BCUT2D eigenvalue weighted by molar-refractivity contribution is 14.0. The highest BCUT2D eigenvalue weighted by Gasteiger charge is 2.20. The number of rotatable bonds is 6. The molecule has 0 saturated carbocycles. The fourth-order valence-corrected chi connectivity index (χ4v) is 3.61. The molecule has 7 heteroatoms. The average molecular weight is 521 g/mol. The number of nitrogens with one attached hydrogen (secondary N) is 3. The predicted octanol–water partition coefficient (Wildman–Crippen LogP) is 3.59. The number of anilines is 1. The van der Waals surface area contributed by atoms with Crippen molar-refractivity contribution < 1.29 is 4.79 Å². The molecule has 1 heterocycles. The zero-order chi connectivity index (χ0) is 20.5. The molecule has 0 radical (unpaired) electrons. The van der Waals surface area contributed by atoms with Gasteiger partial charge in [-0.3, -0.25) is 14.7 Å². The lowest BCUT2D eigenvalue weighted by molar-refractivity contribution is -0.114. The summed E-state index contributed by atoms with van der Waals surface area (Å²) in [5, 5.41) is 9.74. The lowest BCUT2D eigenvalue weighted by atomic mass is 10.0. The fourth-order valence-electron chi connectivity index (χ4n) is 3.61. The van der Waals surface area contributed by atoms with E-state index in [-0.39, 0.29) is 29.9 Å². The van der Waals surface area contributed by atoms with Gasteiger partial charge in [0, 0.05) is 51.9 Å². The highest BCUT2D eigenvalue weighted by Crippen LogP contribution is 2.14. The number of amides is 1. The second-order valence-electron chi connectivity index (χ2n) is 7.49. The van der Waals surface area contributed by atoms with Crippen LogP contribution in [0.15, 0.2) is 59.6 Å². The highest BCUT2D eigenvalue weighted by atomic mass is 127. The first-order valence-electron chi connectivity index (χ1n) is 10.2. The number of carbonyl (C=O) groups excluding carboxylic acids is 1. The predicted molar refractivity (Wildman–Crippen MR) is 134 cm³/mol. The molecule has 3 N–H and O–H groups in total. The van der Waals surface area contributed by atoms with E-state index >= 15 is 0 Å². The van der Waals surface area contributed by atoms with Gasteiger partial charge < -0.3 is 16.0 Å². The smallest absolute Gasteiger partial charge is 0.221 e. The van der Waals surface area contributed by atoms with Crippen molar-refractivity contribution in [1.29, 1.82) is 0 Å². The monoisotopic (exact) mass is 521 g/mol. The van der Waals surface area contributed by atoms with Crippen molar-refractivity contribution in [3.63, 3.8) is 0 Å². The Kier molecular flexibility index (Phi) is 10.1. The molecule has 1 fully saturated rings. The maximum Gasteiger partial charge on any atom is 0.221 e. The van der Waals surface area contributed by atoms with Gasteiger partial charge in [-0.25, -0.2) is 0 Å². The molecule has 0 atom stereocenters. The second kappa shape index (κ2) is 12.5. The first-order chi connectivity index (χ1) is 14.1. The summed E-state index contributed by atoms with van der Waals surface area (Å²) in [6, 6.07) is 18.9. The topological polar surface area (TPSA) is 68.8 Å². The lowest BCUT2D eigenvalue weighted by Gasteiger charge is -2.33. The lowest BCUT2D eigenvalue weighted by Crippen LogP contribution is -2.48. The van der Waals surface area contributed by atoms with Crippen LogP contribution in [0.2, 0.25) is 0 Å². The molecule has 1 saturated heterocycles. The number of guanidine groups is 1. The Bertz CT molecular complexity index is 819. The van der Waals surface area contributed by atoms with E-state index in [0.717, 1.165) is 49.7 Å². The van der Waals surface area contributed by atoms with Gasteiger partial charge in [0.05, 0.1) is 0 Å². The number of likely N-dealkylation sites (tertiary alicyclic amines) is 1. The number of piperidine rings is 1. The Balaban J connectivity index is 0.00000320. The zero-order valence-corrected chi connectivity index (χ0v) is 20.1. The van der Waals surface area contributed by atoms with Crippen LogP contribution >= 0.6 is 24.0 Å². The minimum absolute atomic E-state index is 0. The van der Waals surface area contributed by atoms with Crippen LogP contribution in [0, 0.1) is 0 Å². The van der Waals surface area contributed by atoms with Crippen molar-refractivity contribution in [2.75, 3.05) is 25.5 Å². The molecule has 3 rings (SSSR count). The average Bonchev–Trinajstić information content (AvgIpc) is 2.73. The van der Waals surface area contributed by atoms with Gasteiger partial charge in [0.25, 0.3) is 0 Å². The van der Waals surface area contributed by atoms with Gasteiger partial charge in [0.1, 0.15) is 0 Å². The Morgan fingerprint density at radius 2 is 1.77 bits per heavy atom. The van der Waals surface area contributed by atoms with E-state index in [0.29, 0.717) is 12.6 Å². The van der Waals surface area contributed by atoms with E-state index in [4.69, 9.17) is 0 Å². The molecule has 0 spiro atoms. The normalized spacial score (nSPS) is 15.2. The summed E-state index contributed by atoms with van der Waals surface area (Å²) in [6.07, 6.45) is 2.21. The minimum Gasteiger partial charge on any atom is -0.354 e. The maximum absolute atomic E-state index is 11.2. The SMILES string of the molecule is CN=C(NCc1cccc(NC(C)=O)c1)NC1CCN(Cc2ccccc2)CC1.I. The van der Waals surface area contributed by atoms with Crippen LogP contribution in [-0.2, 0) is 17.9 Å². The van der Waals surface area contributed by atoms with Crippen molar-refractivity contribution >= 4 is 41.5 Å². The van der Waals surface area contributed by atoms with Crippen molar-refractivity contribution in [2.45, 2.75) is 38.9 Å². The quantitative estimate of drug-likeness (QED) is 0.309. The van der Waals surface area contributed by atoms with Crippen LogP contribution in [0.25, 0.3) is 0 Å². The molecular weight excluding hydrogens is 489 g/mol. The molecule has 2 aromatic rings. The number of benzene rings is 2. The molecular formula is C23H32IN5O. The molecule has 30 heavy (non-hydrogen) atoms. The number of aliphatic imine (C=N–C) groups is 1. The largest absolute Gasteiger partial charge is 0.354 e. The van der Waals surface area contributed by atoms with Crippen LogP contribution < -0.4 is 16.0 Å². The van der Waals surface area contributed by atoms with Gasteiger partial charge in [-0.2, -0.15) is 0 Å². The second-order valence-corrected chi connectivity index (χ2v) is 7.49. The molecule has 0 unspecified atom stereocenters. The van der Waals surface area contributed by atoms with Crippen molar-refractivity contribution in [1.82, 2.24) is 15.5 Å².